The van der Waals surface area contributed by atoms with Gasteiger partial charge in [0, 0.05) is 25.2 Å². The molecule has 132 valence electrons. The van der Waals surface area contributed by atoms with Crippen molar-refractivity contribution in [3.63, 3.8) is 0 Å². The van der Waals surface area contributed by atoms with Crippen molar-refractivity contribution in [2.45, 2.75) is 25.3 Å². The average molecular weight is 355 g/mol. The Kier molecular flexibility index (Phi) is 5.79. The number of anilines is 1. The van der Waals surface area contributed by atoms with Gasteiger partial charge in [-0.15, -0.1) is 0 Å². The number of benzene rings is 1. The SMILES string of the molecule is COC(=O)CCN(C)S(=O)(=O)Nc1cccc(C(=O)NC2CC2)c1. The highest BCUT2D eigenvalue weighted by Gasteiger charge is 2.24. The molecular weight excluding hydrogens is 334 g/mol. The van der Waals surface area contributed by atoms with Crippen molar-refractivity contribution in [1.82, 2.24) is 9.62 Å². The summed E-state index contributed by atoms with van der Waals surface area (Å²) >= 11 is 0. The lowest BCUT2D eigenvalue weighted by Crippen LogP contribution is -2.34. The van der Waals surface area contributed by atoms with Crippen LogP contribution >= 0.6 is 0 Å². The van der Waals surface area contributed by atoms with Gasteiger partial charge in [0.2, 0.25) is 0 Å². The van der Waals surface area contributed by atoms with Crippen molar-refractivity contribution in [2.24, 2.45) is 0 Å². The van der Waals surface area contributed by atoms with Crippen LogP contribution in [0.2, 0.25) is 0 Å². The van der Waals surface area contributed by atoms with Crippen LogP contribution < -0.4 is 10.0 Å². The Morgan fingerprint density at radius 3 is 2.67 bits per heavy atom. The van der Waals surface area contributed by atoms with Crippen LogP contribution in [0.3, 0.4) is 0 Å². The molecule has 24 heavy (non-hydrogen) atoms. The third-order valence-electron chi connectivity index (χ3n) is 3.55. The number of amides is 1. The van der Waals surface area contributed by atoms with Crippen molar-refractivity contribution < 1.29 is 22.7 Å². The molecule has 9 heteroatoms. The first-order chi connectivity index (χ1) is 11.3. The molecule has 2 N–H and O–H groups in total. The van der Waals surface area contributed by atoms with Gasteiger partial charge < -0.3 is 10.1 Å². The van der Waals surface area contributed by atoms with Crippen molar-refractivity contribution in [3.05, 3.63) is 29.8 Å². The molecule has 1 saturated carbocycles. The van der Waals surface area contributed by atoms with E-state index in [-0.39, 0.29) is 30.6 Å². The number of carbonyl (C=O) groups is 2. The zero-order valence-corrected chi connectivity index (χ0v) is 14.4. The van der Waals surface area contributed by atoms with E-state index in [4.69, 9.17) is 0 Å². The van der Waals surface area contributed by atoms with Crippen molar-refractivity contribution >= 4 is 27.8 Å². The van der Waals surface area contributed by atoms with Crippen LogP contribution in [-0.2, 0) is 19.7 Å². The predicted octanol–water partition coefficient (Wildman–Crippen LogP) is 0.730. The summed E-state index contributed by atoms with van der Waals surface area (Å²) in [5.74, 6) is -0.714. The van der Waals surface area contributed by atoms with Gasteiger partial charge in [-0.05, 0) is 31.0 Å². The second-order valence-corrected chi connectivity index (χ2v) is 7.36. The summed E-state index contributed by atoms with van der Waals surface area (Å²) in [6.45, 7) is -0.0101. The third-order valence-corrected chi connectivity index (χ3v) is 5.05. The lowest BCUT2D eigenvalue weighted by Gasteiger charge is -2.18. The van der Waals surface area contributed by atoms with Crippen LogP contribution in [0.25, 0.3) is 0 Å². The maximum atomic E-state index is 12.2. The number of methoxy groups -OCH3 is 1. The molecule has 1 aromatic rings. The molecule has 1 fully saturated rings. The second-order valence-electron chi connectivity index (χ2n) is 5.58. The summed E-state index contributed by atoms with van der Waals surface area (Å²) in [4.78, 5) is 23.1. The molecule has 1 aliphatic carbocycles. The first-order valence-electron chi connectivity index (χ1n) is 7.53. The highest BCUT2D eigenvalue weighted by molar-refractivity contribution is 7.90. The van der Waals surface area contributed by atoms with Crippen LogP contribution in [0.4, 0.5) is 5.69 Å². The Bertz CT molecular complexity index is 716. The molecule has 0 aromatic heterocycles. The highest BCUT2D eigenvalue weighted by atomic mass is 32.2. The molecule has 1 amide bonds. The molecule has 0 spiro atoms. The van der Waals surface area contributed by atoms with E-state index in [2.05, 4.69) is 14.8 Å². The maximum absolute atomic E-state index is 12.2. The molecule has 2 rings (SSSR count). The minimum absolute atomic E-state index is 0.0101. The number of ether oxygens (including phenoxy) is 1. The topological polar surface area (TPSA) is 105 Å². The summed E-state index contributed by atoms with van der Waals surface area (Å²) < 4.78 is 32.4. The fourth-order valence-corrected chi connectivity index (χ4v) is 2.83. The van der Waals surface area contributed by atoms with Gasteiger partial charge in [-0.1, -0.05) is 6.07 Å². The summed E-state index contributed by atoms with van der Waals surface area (Å²) in [7, 11) is -1.23. The maximum Gasteiger partial charge on any atom is 0.306 e. The number of carbonyl (C=O) groups excluding carboxylic acids is 2. The molecule has 0 heterocycles. The molecule has 1 aliphatic rings. The minimum Gasteiger partial charge on any atom is -0.469 e. The van der Waals surface area contributed by atoms with Crippen LogP contribution in [0.15, 0.2) is 24.3 Å². The fraction of sp³-hybridized carbons (Fsp3) is 0.467. The van der Waals surface area contributed by atoms with E-state index in [1.807, 2.05) is 0 Å². The van der Waals surface area contributed by atoms with E-state index < -0.39 is 16.2 Å². The molecule has 0 saturated heterocycles. The van der Waals surface area contributed by atoms with Gasteiger partial charge in [0.25, 0.3) is 5.91 Å². The van der Waals surface area contributed by atoms with Crippen molar-refractivity contribution in [1.29, 1.82) is 0 Å². The minimum atomic E-state index is -3.83. The first-order valence-corrected chi connectivity index (χ1v) is 8.97. The Morgan fingerprint density at radius 1 is 1.33 bits per heavy atom. The van der Waals surface area contributed by atoms with Crippen LogP contribution in [0, 0.1) is 0 Å². The molecule has 0 atom stereocenters. The number of esters is 1. The first kappa shape index (κ1) is 18.2. The van der Waals surface area contributed by atoms with E-state index in [1.54, 1.807) is 18.2 Å². The number of hydrogen-bond acceptors (Lipinski definition) is 5. The summed E-state index contributed by atoms with van der Waals surface area (Å²) in [6.07, 6.45) is 1.91. The Morgan fingerprint density at radius 2 is 2.04 bits per heavy atom. The van der Waals surface area contributed by atoms with Gasteiger partial charge >= 0.3 is 16.2 Å². The van der Waals surface area contributed by atoms with Gasteiger partial charge in [0.15, 0.2) is 0 Å². The zero-order valence-electron chi connectivity index (χ0n) is 13.6. The van der Waals surface area contributed by atoms with Crippen molar-refractivity contribution in [2.75, 3.05) is 25.4 Å². The number of rotatable bonds is 8. The molecule has 8 nitrogen and oxygen atoms in total. The van der Waals surface area contributed by atoms with Crippen LogP contribution in [0.1, 0.15) is 29.6 Å². The Labute approximate surface area is 141 Å². The zero-order chi connectivity index (χ0) is 17.7. The Hall–Kier alpha value is -2.13. The smallest absolute Gasteiger partial charge is 0.306 e. The van der Waals surface area contributed by atoms with Gasteiger partial charge in [-0.2, -0.15) is 12.7 Å². The van der Waals surface area contributed by atoms with E-state index in [1.165, 1.54) is 20.2 Å². The number of nitrogens with zero attached hydrogens (tertiary/aromatic N) is 1. The molecule has 0 aliphatic heterocycles. The summed E-state index contributed by atoms with van der Waals surface area (Å²) in [6, 6.07) is 6.48. The average Bonchev–Trinajstić information content (AvgIpc) is 3.35. The lowest BCUT2D eigenvalue weighted by molar-refractivity contribution is -0.140. The standard InChI is InChI=1S/C15H21N3O5S/c1-18(9-8-14(19)23-2)24(21,22)17-13-5-3-4-11(10-13)15(20)16-12-6-7-12/h3-5,10,12,17H,6-9H2,1-2H3,(H,16,20). The quantitative estimate of drug-likeness (QED) is 0.669. The summed E-state index contributed by atoms with van der Waals surface area (Å²) in [5, 5.41) is 2.84. The van der Waals surface area contributed by atoms with Crippen molar-refractivity contribution in [3.8, 4) is 0 Å². The molecule has 0 unspecified atom stereocenters. The largest absolute Gasteiger partial charge is 0.469 e. The van der Waals surface area contributed by atoms with Gasteiger partial charge in [0.05, 0.1) is 19.2 Å². The van der Waals surface area contributed by atoms with Gasteiger partial charge in [-0.3, -0.25) is 14.3 Å². The van der Waals surface area contributed by atoms with Crippen LogP contribution in [-0.4, -0.2) is 51.3 Å². The number of hydrogen-bond donors (Lipinski definition) is 2. The molecule has 1 aromatic carbocycles. The fourth-order valence-electron chi connectivity index (χ4n) is 1.92. The van der Waals surface area contributed by atoms with Gasteiger partial charge in [0.1, 0.15) is 0 Å². The van der Waals surface area contributed by atoms with E-state index in [0.717, 1.165) is 17.1 Å². The van der Waals surface area contributed by atoms with Crippen LogP contribution in [0.5, 0.6) is 0 Å². The molecule has 0 bridgehead atoms. The van der Waals surface area contributed by atoms with E-state index in [0.29, 0.717) is 5.56 Å². The van der Waals surface area contributed by atoms with E-state index in [9.17, 15) is 18.0 Å². The lowest BCUT2D eigenvalue weighted by atomic mass is 10.2. The highest BCUT2D eigenvalue weighted by Crippen LogP contribution is 2.20. The normalized spacial score (nSPS) is 14.3. The second kappa shape index (κ2) is 7.63. The summed E-state index contributed by atoms with van der Waals surface area (Å²) in [5.41, 5.74) is 0.669. The Balaban J connectivity index is 2.00. The predicted molar refractivity (Wildman–Crippen MR) is 88.7 cm³/mol. The van der Waals surface area contributed by atoms with Gasteiger partial charge in [-0.25, -0.2) is 0 Å². The molecule has 0 radical (unpaired) electrons. The third kappa shape index (κ3) is 5.20. The molecular formula is C15H21N3O5S. The number of nitrogens with one attached hydrogen (secondary N) is 2. The monoisotopic (exact) mass is 355 g/mol. The van der Waals surface area contributed by atoms with E-state index >= 15 is 0 Å².